The number of amides is 1. The molecule has 1 fully saturated rings. The summed E-state index contributed by atoms with van der Waals surface area (Å²) in [5, 5.41) is 10.6. The molecule has 1 aliphatic carbocycles. The zero-order valence-corrected chi connectivity index (χ0v) is 15.3. The molecule has 0 radical (unpaired) electrons. The monoisotopic (exact) mass is 356 g/mol. The molecule has 1 saturated carbocycles. The molecule has 1 amide bonds. The van der Waals surface area contributed by atoms with E-state index >= 15 is 0 Å². The highest BCUT2D eigenvalue weighted by Gasteiger charge is 2.21. The molecule has 0 aliphatic heterocycles. The molecule has 2 N–H and O–H groups in total. The molecule has 1 aromatic carbocycles. The molecule has 2 aromatic rings. The third-order valence-corrected chi connectivity index (χ3v) is 5.28. The van der Waals surface area contributed by atoms with E-state index in [9.17, 15) is 4.79 Å². The van der Waals surface area contributed by atoms with Gasteiger partial charge in [0.05, 0.1) is 5.25 Å². The molecule has 1 atom stereocenters. The zero-order chi connectivity index (χ0) is 17.5. The lowest BCUT2D eigenvalue weighted by molar-refractivity contribution is -0.121. The summed E-state index contributed by atoms with van der Waals surface area (Å²) in [6, 6.07) is 10.4. The lowest BCUT2D eigenvalue weighted by Crippen LogP contribution is -2.40. The molecule has 0 saturated heterocycles. The summed E-state index contributed by atoms with van der Waals surface area (Å²) in [6.45, 7) is 1.90. The van der Waals surface area contributed by atoms with E-state index in [1.165, 1.54) is 31.0 Å². The highest BCUT2D eigenvalue weighted by Crippen LogP contribution is 2.22. The minimum absolute atomic E-state index is 0.0723. The normalized spacial score (nSPS) is 16.8. The maximum absolute atomic E-state index is 12.3. The Kier molecular flexibility index (Phi) is 6.28. The van der Waals surface area contributed by atoms with Gasteiger partial charge >= 0.3 is 0 Å². The van der Waals surface area contributed by atoms with Crippen LogP contribution < -0.4 is 5.32 Å². The Bertz CT molecular complexity index is 707. The topological polar surface area (TPSA) is 70.7 Å². The van der Waals surface area contributed by atoms with Crippen LogP contribution in [0.25, 0.3) is 12.2 Å². The molecule has 1 aromatic heterocycles. The third-order valence-electron chi connectivity index (χ3n) is 4.32. The second-order valence-electron chi connectivity index (χ2n) is 6.35. The van der Waals surface area contributed by atoms with Gasteiger partial charge in [-0.2, -0.15) is 0 Å². The van der Waals surface area contributed by atoms with E-state index in [1.54, 1.807) is 0 Å². The first-order chi connectivity index (χ1) is 12.2. The van der Waals surface area contributed by atoms with Crippen LogP contribution in [0.2, 0.25) is 0 Å². The highest BCUT2D eigenvalue weighted by molar-refractivity contribution is 8.00. The number of benzene rings is 1. The van der Waals surface area contributed by atoms with E-state index in [4.69, 9.17) is 0 Å². The lowest BCUT2D eigenvalue weighted by Gasteiger charge is -2.24. The maximum Gasteiger partial charge on any atom is 0.233 e. The predicted molar refractivity (Wildman–Crippen MR) is 102 cm³/mol. The minimum atomic E-state index is -0.205. The van der Waals surface area contributed by atoms with Gasteiger partial charge in [-0.3, -0.25) is 9.89 Å². The van der Waals surface area contributed by atoms with Crippen molar-refractivity contribution >= 4 is 29.8 Å². The van der Waals surface area contributed by atoms with E-state index in [2.05, 4.69) is 20.5 Å². The SMILES string of the molecule is CC(Sc1n[nH]c(/C=C/c2ccccc2)n1)C(=O)NC1CCCCC1. The third kappa shape index (κ3) is 5.46. The van der Waals surface area contributed by atoms with Crippen molar-refractivity contribution in [2.24, 2.45) is 0 Å². The molecule has 3 rings (SSSR count). The van der Waals surface area contributed by atoms with Gasteiger partial charge in [-0.05, 0) is 31.4 Å². The fourth-order valence-electron chi connectivity index (χ4n) is 2.90. The van der Waals surface area contributed by atoms with Crippen molar-refractivity contribution < 1.29 is 4.79 Å². The Morgan fingerprint density at radius 3 is 2.76 bits per heavy atom. The summed E-state index contributed by atoms with van der Waals surface area (Å²) in [6.07, 6.45) is 9.77. The second-order valence-corrected chi connectivity index (χ2v) is 7.66. The fraction of sp³-hybridized carbons (Fsp3) is 0.421. The van der Waals surface area contributed by atoms with Crippen LogP contribution in [0.4, 0.5) is 0 Å². The largest absolute Gasteiger partial charge is 0.352 e. The zero-order valence-electron chi connectivity index (χ0n) is 14.4. The number of hydrogen-bond acceptors (Lipinski definition) is 4. The molecule has 132 valence electrons. The van der Waals surface area contributed by atoms with E-state index in [0.717, 1.165) is 18.4 Å². The number of rotatable bonds is 6. The second kappa shape index (κ2) is 8.85. The van der Waals surface area contributed by atoms with Crippen molar-refractivity contribution in [2.75, 3.05) is 0 Å². The molecular formula is C19H24N4OS. The first-order valence-corrected chi connectivity index (χ1v) is 9.71. The van der Waals surface area contributed by atoms with Gasteiger partial charge in [0.25, 0.3) is 0 Å². The van der Waals surface area contributed by atoms with Crippen molar-refractivity contribution in [1.82, 2.24) is 20.5 Å². The summed E-state index contributed by atoms with van der Waals surface area (Å²) in [5.74, 6) is 0.759. The van der Waals surface area contributed by atoms with Crippen LogP contribution in [0.3, 0.4) is 0 Å². The molecular weight excluding hydrogens is 332 g/mol. The standard InChI is InChI=1S/C19H24N4OS/c1-14(18(24)20-16-10-6-3-7-11-16)25-19-21-17(22-23-19)13-12-15-8-4-2-5-9-15/h2,4-5,8-9,12-14,16H,3,6-7,10-11H2,1H3,(H,20,24)(H,21,22,23)/b13-12+. The van der Waals surface area contributed by atoms with E-state index in [1.807, 2.05) is 49.4 Å². The minimum Gasteiger partial charge on any atom is -0.352 e. The Hall–Kier alpha value is -2.08. The van der Waals surface area contributed by atoms with Crippen LogP contribution in [0.1, 0.15) is 50.4 Å². The van der Waals surface area contributed by atoms with Gasteiger partial charge in [0.1, 0.15) is 5.82 Å². The van der Waals surface area contributed by atoms with Gasteiger partial charge in [-0.25, -0.2) is 4.98 Å². The van der Waals surface area contributed by atoms with Gasteiger partial charge in [0.2, 0.25) is 11.1 Å². The number of thioether (sulfide) groups is 1. The number of H-pyrrole nitrogens is 1. The van der Waals surface area contributed by atoms with Gasteiger partial charge in [-0.1, -0.05) is 67.4 Å². The molecule has 1 aliphatic rings. The van der Waals surface area contributed by atoms with E-state index < -0.39 is 0 Å². The average molecular weight is 356 g/mol. The summed E-state index contributed by atoms with van der Waals surface area (Å²) in [4.78, 5) is 16.7. The molecule has 25 heavy (non-hydrogen) atoms. The van der Waals surface area contributed by atoms with Crippen LogP contribution >= 0.6 is 11.8 Å². The number of aromatic amines is 1. The van der Waals surface area contributed by atoms with Gasteiger partial charge in [0, 0.05) is 6.04 Å². The highest BCUT2D eigenvalue weighted by atomic mass is 32.2. The van der Waals surface area contributed by atoms with Crippen molar-refractivity contribution in [3.8, 4) is 0 Å². The van der Waals surface area contributed by atoms with Crippen LogP contribution in [0.15, 0.2) is 35.5 Å². The molecule has 6 heteroatoms. The van der Waals surface area contributed by atoms with Crippen molar-refractivity contribution in [2.45, 2.75) is 55.5 Å². The Labute approximate surface area is 152 Å². The summed E-state index contributed by atoms with van der Waals surface area (Å²) in [7, 11) is 0. The van der Waals surface area contributed by atoms with Crippen molar-refractivity contribution in [1.29, 1.82) is 0 Å². The molecule has 1 unspecified atom stereocenters. The maximum atomic E-state index is 12.3. The smallest absolute Gasteiger partial charge is 0.233 e. The van der Waals surface area contributed by atoms with E-state index in [0.29, 0.717) is 17.0 Å². The van der Waals surface area contributed by atoms with Crippen LogP contribution in [-0.4, -0.2) is 32.4 Å². The number of hydrogen-bond donors (Lipinski definition) is 2. The summed E-state index contributed by atoms with van der Waals surface area (Å²) in [5.41, 5.74) is 1.10. The fourth-order valence-corrected chi connectivity index (χ4v) is 3.64. The van der Waals surface area contributed by atoms with Crippen LogP contribution in [0.5, 0.6) is 0 Å². The van der Waals surface area contributed by atoms with Crippen molar-refractivity contribution in [3.05, 3.63) is 41.7 Å². The molecule has 1 heterocycles. The van der Waals surface area contributed by atoms with E-state index in [-0.39, 0.29) is 11.2 Å². The van der Waals surface area contributed by atoms with Crippen LogP contribution in [0, 0.1) is 0 Å². The molecule has 0 spiro atoms. The van der Waals surface area contributed by atoms with Gasteiger partial charge in [-0.15, -0.1) is 5.10 Å². The number of aromatic nitrogens is 3. The Morgan fingerprint density at radius 2 is 2.00 bits per heavy atom. The van der Waals surface area contributed by atoms with Crippen LogP contribution in [-0.2, 0) is 4.79 Å². The Morgan fingerprint density at radius 1 is 1.24 bits per heavy atom. The quantitative estimate of drug-likeness (QED) is 0.770. The average Bonchev–Trinajstić information content (AvgIpc) is 3.09. The number of carbonyl (C=O) groups excluding carboxylic acids is 1. The first-order valence-electron chi connectivity index (χ1n) is 8.83. The summed E-state index contributed by atoms with van der Waals surface area (Å²) >= 11 is 1.38. The first kappa shape index (κ1) is 17.7. The van der Waals surface area contributed by atoms with Gasteiger partial charge in [0.15, 0.2) is 0 Å². The van der Waals surface area contributed by atoms with Crippen molar-refractivity contribution in [3.63, 3.8) is 0 Å². The predicted octanol–water partition coefficient (Wildman–Crippen LogP) is 3.90. The lowest BCUT2D eigenvalue weighted by atomic mass is 9.95. The summed E-state index contributed by atoms with van der Waals surface area (Å²) < 4.78 is 0. The number of nitrogens with one attached hydrogen (secondary N) is 2. The van der Waals surface area contributed by atoms with Gasteiger partial charge < -0.3 is 5.32 Å². The number of nitrogens with zero attached hydrogens (tertiary/aromatic N) is 2. The molecule has 5 nitrogen and oxygen atoms in total. The Balaban J connectivity index is 1.51. The number of carbonyl (C=O) groups is 1. The molecule has 0 bridgehead atoms.